The SMILES string of the molecule is CC(CNC(=O)NCC(C)S(N)(=O)=O)Sc1ccccc1. The Balaban J connectivity index is 2.27. The molecule has 0 fully saturated rings. The zero-order valence-corrected chi connectivity index (χ0v) is 13.7. The molecule has 0 spiro atoms. The quantitative estimate of drug-likeness (QED) is 0.652. The van der Waals surface area contributed by atoms with Crippen molar-refractivity contribution in [2.75, 3.05) is 13.1 Å². The van der Waals surface area contributed by atoms with Crippen LogP contribution in [0.25, 0.3) is 0 Å². The van der Waals surface area contributed by atoms with Crippen molar-refractivity contribution in [1.82, 2.24) is 10.6 Å². The van der Waals surface area contributed by atoms with Gasteiger partial charge < -0.3 is 10.6 Å². The second-order valence-electron chi connectivity index (χ2n) is 4.73. The predicted molar refractivity (Wildman–Crippen MR) is 85.7 cm³/mol. The molecule has 0 heterocycles. The van der Waals surface area contributed by atoms with E-state index in [-0.39, 0.29) is 11.8 Å². The molecule has 2 atom stereocenters. The third-order valence-electron chi connectivity index (χ3n) is 2.74. The van der Waals surface area contributed by atoms with Gasteiger partial charge in [-0.2, -0.15) is 0 Å². The van der Waals surface area contributed by atoms with Crippen LogP contribution in [0.15, 0.2) is 35.2 Å². The van der Waals surface area contributed by atoms with E-state index in [4.69, 9.17) is 5.14 Å². The third-order valence-corrected chi connectivity index (χ3v) is 5.14. The van der Waals surface area contributed by atoms with Crippen molar-refractivity contribution in [2.24, 2.45) is 5.14 Å². The van der Waals surface area contributed by atoms with Gasteiger partial charge in [0.1, 0.15) is 0 Å². The van der Waals surface area contributed by atoms with Crippen molar-refractivity contribution in [3.63, 3.8) is 0 Å². The summed E-state index contributed by atoms with van der Waals surface area (Å²) in [7, 11) is -3.62. The van der Waals surface area contributed by atoms with Crippen molar-refractivity contribution in [3.05, 3.63) is 30.3 Å². The van der Waals surface area contributed by atoms with E-state index in [1.54, 1.807) is 11.8 Å². The lowest BCUT2D eigenvalue weighted by Crippen LogP contribution is -2.43. The zero-order valence-electron chi connectivity index (χ0n) is 12.1. The molecule has 6 nitrogen and oxygen atoms in total. The number of rotatable bonds is 7. The summed E-state index contributed by atoms with van der Waals surface area (Å²) in [4.78, 5) is 12.7. The molecule has 1 aromatic carbocycles. The van der Waals surface area contributed by atoms with Gasteiger partial charge in [0, 0.05) is 23.2 Å². The largest absolute Gasteiger partial charge is 0.337 e. The highest BCUT2D eigenvalue weighted by molar-refractivity contribution is 8.00. The number of thioether (sulfide) groups is 1. The Kier molecular flexibility index (Phi) is 7.00. The van der Waals surface area contributed by atoms with Gasteiger partial charge in [-0.15, -0.1) is 11.8 Å². The summed E-state index contributed by atoms with van der Waals surface area (Å²) < 4.78 is 22.0. The smallest absolute Gasteiger partial charge is 0.314 e. The molecular formula is C13H21N3O3S2. The van der Waals surface area contributed by atoms with Gasteiger partial charge in [0.2, 0.25) is 10.0 Å². The van der Waals surface area contributed by atoms with Gasteiger partial charge in [-0.25, -0.2) is 18.4 Å². The number of nitrogens with two attached hydrogens (primary N) is 1. The molecule has 8 heteroatoms. The number of amides is 2. The summed E-state index contributed by atoms with van der Waals surface area (Å²) in [5.41, 5.74) is 0. The van der Waals surface area contributed by atoms with Crippen LogP contribution in [0.5, 0.6) is 0 Å². The van der Waals surface area contributed by atoms with E-state index in [1.807, 2.05) is 37.3 Å². The van der Waals surface area contributed by atoms with Crippen LogP contribution in [0.3, 0.4) is 0 Å². The minimum absolute atomic E-state index is 0.00905. The number of primary sulfonamides is 1. The van der Waals surface area contributed by atoms with Crippen LogP contribution >= 0.6 is 11.8 Å². The molecular weight excluding hydrogens is 310 g/mol. The Bertz CT molecular complexity index is 549. The summed E-state index contributed by atoms with van der Waals surface area (Å²) in [6, 6.07) is 9.50. The highest BCUT2D eigenvalue weighted by Crippen LogP contribution is 2.21. The average molecular weight is 331 g/mol. The number of carbonyl (C=O) groups excluding carboxylic acids is 1. The Morgan fingerprint density at radius 1 is 1.19 bits per heavy atom. The number of nitrogens with one attached hydrogen (secondary N) is 2. The maximum Gasteiger partial charge on any atom is 0.314 e. The molecule has 0 aliphatic rings. The molecule has 4 N–H and O–H groups in total. The molecule has 21 heavy (non-hydrogen) atoms. The van der Waals surface area contributed by atoms with E-state index in [0.29, 0.717) is 6.54 Å². The standard InChI is InChI=1S/C13H21N3O3S2/c1-10(20-12-6-4-3-5-7-12)8-15-13(17)16-9-11(2)21(14,18)19/h3-7,10-11H,8-9H2,1-2H3,(H2,14,18,19)(H2,15,16,17). The zero-order chi connectivity index (χ0) is 15.9. The summed E-state index contributed by atoms with van der Waals surface area (Å²) >= 11 is 1.66. The van der Waals surface area contributed by atoms with E-state index in [0.717, 1.165) is 4.90 Å². The Morgan fingerprint density at radius 2 is 1.76 bits per heavy atom. The van der Waals surface area contributed by atoms with E-state index in [9.17, 15) is 13.2 Å². The van der Waals surface area contributed by atoms with E-state index in [2.05, 4.69) is 10.6 Å². The number of sulfonamides is 1. The molecule has 0 aromatic heterocycles. The molecule has 1 aromatic rings. The fraction of sp³-hybridized carbons (Fsp3) is 0.462. The first-order valence-corrected chi connectivity index (χ1v) is 9.03. The number of urea groups is 1. The van der Waals surface area contributed by atoms with Crippen molar-refractivity contribution in [1.29, 1.82) is 0 Å². The molecule has 2 amide bonds. The van der Waals surface area contributed by atoms with Crippen molar-refractivity contribution in [3.8, 4) is 0 Å². The molecule has 0 aliphatic heterocycles. The Hall–Kier alpha value is -1.25. The molecule has 118 valence electrons. The minimum atomic E-state index is -3.62. The van der Waals surface area contributed by atoms with E-state index < -0.39 is 21.3 Å². The number of carbonyl (C=O) groups is 1. The summed E-state index contributed by atoms with van der Waals surface area (Å²) in [5, 5.41) is 9.56. The van der Waals surface area contributed by atoms with Gasteiger partial charge in [-0.3, -0.25) is 0 Å². The van der Waals surface area contributed by atoms with Gasteiger partial charge in [-0.1, -0.05) is 25.1 Å². The molecule has 0 saturated carbocycles. The van der Waals surface area contributed by atoms with E-state index >= 15 is 0 Å². The predicted octanol–water partition coefficient (Wildman–Crippen LogP) is 1.14. The van der Waals surface area contributed by atoms with Gasteiger partial charge in [0.05, 0.1) is 5.25 Å². The summed E-state index contributed by atoms with van der Waals surface area (Å²) in [6.45, 7) is 3.93. The third kappa shape index (κ3) is 7.35. The fourth-order valence-corrected chi connectivity index (χ4v) is 2.69. The van der Waals surface area contributed by atoms with Crippen molar-refractivity contribution in [2.45, 2.75) is 29.2 Å². The minimum Gasteiger partial charge on any atom is -0.337 e. The molecule has 0 saturated heterocycles. The lowest BCUT2D eigenvalue weighted by Gasteiger charge is -2.14. The second kappa shape index (κ2) is 8.26. The first-order valence-electron chi connectivity index (χ1n) is 6.54. The Labute approximate surface area is 129 Å². The maximum absolute atomic E-state index is 11.6. The van der Waals surface area contributed by atoms with Crippen LogP contribution in [-0.4, -0.2) is 38.0 Å². The molecule has 0 radical (unpaired) electrons. The molecule has 0 bridgehead atoms. The van der Waals surface area contributed by atoms with Crippen LogP contribution in [0.2, 0.25) is 0 Å². The lowest BCUT2D eigenvalue weighted by atomic mass is 10.4. The van der Waals surface area contributed by atoms with Crippen LogP contribution in [0.4, 0.5) is 4.79 Å². The first kappa shape index (κ1) is 17.8. The molecule has 0 aliphatic carbocycles. The van der Waals surface area contributed by atoms with Gasteiger partial charge in [0.25, 0.3) is 0 Å². The van der Waals surface area contributed by atoms with E-state index in [1.165, 1.54) is 6.92 Å². The molecule has 1 rings (SSSR count). The summed E-state index contributed by atoms with van der Waals surface area (Å²) in [5.74, 6) is 0. The van der Waals surface area contributed by atoms with Crippen molar-refractivity contribution >= 4 is 27.8 Å². The monoisotopic (exact) mass is 331 g/mol. The van der Waals surface area contributed by atoms with Crippen molar-refractivity contribution < 1.29 is 13.2 Å². The summed E-state index contributed by atoms with van der Waals surface area (Å²) in [6.07, 6.45) is 0. The number of hydrogen-bond donors (Lipinski definition) is 3. The van der Waals surface area contributed by atoms with Gasteiger partial charge in [0.15, 0.2) is 0 Å². The van der Waals surface area contributed by atoms with Gasteiger partial charge >= 0.3 is 6.03 Å². The first-order chi connectivity index (χ1) is 9.79. The number of benzene rings is 1. The Morgan fingerprint density at radius 3 is 2.33 bits per heavy atom. The van der Waals surface area contributed by atoms with Crippen LogP contribution in [0.1, 0.15) is 13.8 Å². The lowest BCUT2D eigenvalue weighted by molar-refractivity contribution is 0.241. The van der Waals surface area contributed by atoms with Crippen LogP contribution in [-0.2, 0) is 10.0 Å². The highest BCUT2D eigenvalue weighted by atomic mass is 32.2. The van der Waals surface area contributed by atoms with Crippen LogP contribution in [0, 0.1) is 0 Å². The highest BCUT2D eigenvalue weighted by Gasteiger charge is 2.16. The molecule has 2 unspecified atom stereocenters. The number of hydrogen-bond acceptors (Lipinski definition) is 4. The normalized spacial score (nSPS) is 14.2. The van der Waals surface area contributed by atoms with Crippen LogP contribution < -0.4 is 15.8 Å². The maximum atomic E-state index is 11.6. The second-order valence-corrected chi connectivity index (χ2v) is 8.23. The van der Waals surface area contributed by atoms with Gasteiger partial charge in [-0.05, 0) is 19.1 Å². The average Bonchev–Trinajstić information content (AvgIpc) is 2.42. The topological polar surface area (TPSA) is 101 Å². The fourth-order valence-electron chi connectivity index (χ4n) is 1.42.